The molecule has 1 fully saturated rings. The number of carbonyl (C=O) groups is 1. The minimum atomic E-state index is -3.56. The molecule has 142 valence electrons. The summed E-state index contributed by atoms with van der Waals surface area (Å²) < 4.78 is 32.1. The van der Waals surface area contributed by atoms with Gasteiger partial charge in [-0.1, -0.05) is 12.5 Å². The Morgan fingerprint density at radius 3 is 2.56 bits per heavy atom. The third kappa shape index (κ3) is 5.39. The fourth-order valence-electron chi connectivity index (χ4n) is 2.69. The summed E-state index contributed by atoms with van der Waals surface area (Å²) in [6.45, 7) is 2.92. The van der Waals surface area contributed by atoms with Crippen molar-refractivity contribution in [2.75, 3.05) is 32.1 Å². The van der Waals surface area contributed by atoms with E-state index in [1.165, 1.54) is 17.5 Å². The Labute approximate surface area is 155 Å². The van der Waals surface area contributed by atoms with Crippen LogP contribution >= 0.6 is 12.4 Å². The van der Waals surface area contributed by atoms with Gasteiger partial charge in [0.1, 0.15) is 6.04 Å². The Hall–Kier alpha value is -1.19. The van der Waals surface area contributed by atoms with Gasteiger partial charge in [-0.2, -0.15) is 4.31 Å². The maximum atomic E-state index is 12.9. The lowest BCUT2D eigenvalue weighted by Gasteiger charge is -2.26. The van der Waals surface area contributed by atoms with Gasteiger partial charge < -0.3 is 15.8 Å². The lowest BCUT2D eigenvalue weighted by molar-refractivity contribution is -0.118. The molecule has 1 aromatic rings. The van der Waals surface area contributed by atoms with Gasteiger partial charge in [-0.25, -0.2) is 8.42 Å². The molecule has 1 unspecified atom stereocenters. The average Bonchev–Trinajstić information content (AvgIpc) is 2.57. The quantitative estimate of drug-likeness (QED) is 0.765. The van der Waals surface area contributed by atoms with E-state index in [2.05, 4.69) is 5.32 Å². The number of methoxy groups -OCH3 is 1. The molecule has 0 aromatic heterocycles. The molecule has 1 saturated heterocycles. The van der Waals surface area contributed by atoms with E-state index in [9.17, 15) is 13.2 Å². The highest BCUT2D eigenvalue weighted by Gasteiger charge is 2.27. The molecule has 0 aliphatic carbocycles. The Balaban J connectivity index is 0.00000312. The van der Waals surface area contributed by atoms with E-state index in [0.717, 1.165) is 19.3 Å². The van der Waals surface area contributed by atoms with Crippen molar-refractivity contribution in [3.8, 4) is 0 Å². The second kappa shape index (κ2) is 9.49. The van der Waals surface area contributed by atoms with Crippen LogP contribution in [0.25, 0.3) is 0 Å². The Morgan fingerprint density at radius 1 is 1.32 bits per heavy atom. The highest BCUT2D eigenvalue weighted by Crippen LogP contribution is 2.26. The largest absolute Gasteiger partial charge is 0.383 e. The van der Waals surface area contributed by atoms with Crippen LogP contribution in [0.5, 0.6) is 0 Å². The summed E-state index contributed by atoms with van der Waals surface area (Å²) in [4.78, 5) is 12.2. The van der Waals surface area contributed by atoms with Crippen LogP contribution in [0.15, 0.2) is 23.1 Å². The highest BCUT2D eigenvalue weighted by molar-refractivity contribution is 7.89. The van der Waals surface area contributed by atoms with Crippen LogP contribution in [0, 0.1) is 6.92 Å². The van der Waals surface area contributed by atoms with Crippen molar-refractivity contribution in [3.63, 3.8) is 0 Å². The molecule has 1 aliphatic rings. The normalized spacial score (nSPS) is 16.8. The van der Waals surface area contributed by atoms with Crippen LogP contribution in [0.4, 0.5) is 5.69 Å². The van der Waals surface area contributed by atoms with Crippen molar-refractivity contribution in [2.24, 2.45) is 5.73 Å². The SMILES string of the molecule is COCC(N)C(=O)Nc1ccc(C)c(S(=O)(=O)N2CCCCC2)c1.Cl. The molecule has 0 radical (unpaired) electrons. The number of sulfonamides is 1. The van der Waals surface area contributed by atoms with Crippen molar-refractivity contribution in [3.05, 3.63) is 23.8 Å². The topological polar surface area (TPSA) is 102 Å². The first-order chi connectivity index (χ1) is 11.4. The van der Waals surface area contributed by atoms with Gasteiger partial charge in [0.2, 0.25) is 15.9 Å². The van der Waals surface area contributed by atoms with Gasteiger partial charge in [0, 0.05) is 25.9 Å². The number of ether oxygens (including phenoxy) is 1. The van der Waals surface area contributed by atoms with E-state index in [1.807, 2.05) is 0 Å². The van der Waals surface area contributed by atoms with Gasteiger partial charge in [0.15, 0.2) is 0 Å². The van der Waals surface area contributed by atoms with Crippen molar-refractivity contribution in [1.29, 1.82) is 0 Å². The van der Waals surface area contributed by atoms with E-state index in [4.69, 9.17) is 10.5 Å². The Bertz CT molecular complexity index is 691. The van der Waals surface area contributed by atoms with Gasteiger partial charge in [0.25, 0.3) is 0 Å². The summed E-state index contributed by atoms with van der Waals surface area (Å²) in [5, 5.41) is 2.64. The molecule has 1 atom stereocenters. The van der Waals surface area contributed by atoms with Crippen LogP contribution in [0.1, 0.15) is 24.8 Å². The molecular weight excluding hydrogens is 366 g/mol. The van der Waals surface area contributed by atoms with Gasteiger partial charge in [-0.3, -0.25) is 4.79 Å². The monoisotopic (exact) mass is 391 g/mol. The number of amides is 1. The van der Waals surface area contributed by atoms with Crippen LogP contribution < -0.4 is 11.1 Å². The summed E-state index contributed by atoms with van der Waals surface area (Å²) in [6.07, 6.45) is 2.81. The van der Waals surface area contributed by atoms with E-state index in [0.29, 0.717) is 24.3 Å². The molecule has 2 rings (SSSR count). The van der Waals surface area contributed by atoms with E-state index in [1.54, 1.807) is 19.1 Å². The standard InChI is InChI=1S/C16H25N3O4S.ClH/c1-12-6-7-13(18-16(20)14(17)11-23-2)10-15(12)24(21,22)19-8-4-3-5-9-19;/h6-7,10,14H,3-5,8-9,11,17H2,1-2H3,(H,18,20);1H. The number of nitrogens with zero attached hydrogens (tertiary/aromatic N) is 1. The molecule has 1 aliphatic heterocycles. The molecule has 1 amide bonds. The lowest BCUT2D eigenvalue weighted by Crippen LogP contribution is -2.39. The molecule has 3 N–H and O–H groups in total. The van der Waals surface area contributed by atoms with Crippen LogP contribution in [0.2, 0.25) is 0 Å². The fourth-order valence-corrected chi connectivity index (χ4v) is 4.46. The molecule has 0 bridgehead atoms. The first-order valence-corrected chi connectivity index (χ1v) is 9.46. The van der Waals surface area contributed by atoms with Crippen molar-refractivity contribution in [2.45, 2.75) is 37.1 Å². The summed E-state index contributed by atoms with van der Waals surface area (Å²) in [7, 11) is -2.09. The van der Waals surface area contributed by atoms with E-state index >= 15 is 0 Å². The number of piperidine rings is 1. The smallest absolute Gasteiger partial charge is 0.243 e. The zero-order chi connectivity index (χ0) is 17.7. The summed E-state index contributed by atoms with van der Waals surface area (Å²) >= 11 is 0. The number of benzene rings is 1. The van der Waals surface area contributed by atoms with Gasteiger partial charge in [0.05, 0.1) is 11.5 Å². The summed E-state index contributed by atoms with van der Waals surface area (Å²) in [5.41, 5.74) is 6.75. The predicted octanol–water partition coefficient (Wildman–Crippen LogP) is 1.50. The van der Waals surface area contributed by atoms with Gasteiger partial charge in [-0.15, -0.1) is 12.4 Å². The van der Waals surface area contributed by atoms with Crippen molar-refractivity contribution < 1.29 is 17.9 Å². The fraction of sp³-hybridized carbons (Fsp3) is 0.562. The second-order valence-corrected chi connectivity index (χ2v) is 7.90. The van der Waals surface area contributed by atoms with E-state index < -0.39 is 22.0 Å². The minimum Gasteiger partial charge on any atom is -0.383 e. The number of rotatable bonds is 6. The Kier molecular flexibility index (Phi) is 8.30. The maximum absolute atomic E-state index is 12.9. The number of hydrogen-bond donors (Lipinski definition) is 2. The number of carbonyl (C=O) groups excluding carboxylic acids is 1. The zero-order valence-corrected chi connectivity index (χ0v) is 16.2. The third-order valence-corrected chi connectivity index (χ3v) is 6.11. The summed E-state index contributed by atoms with van der Waals surface area (Å²) in [6, 6.07) is 4.05. The molecule has 7 nitrogen and oxygen atoms in total. The number of halogens is 1. The first kappa shape index (κ1) is 21.9. The molecule has 1 aromatic carbocycles. The zero-order valence-electron chi connectivity index (χ0n) is 14.5. The number of anilines is 1. The van der Waals surface area contributed by atoms with Gasteiger partial charge in [-0.05, 0) is 37.5 Å². The molecular formula is C16H26ClN3O4S. The highest BCUT2D eigenvalue weighted by atomic mass is 35.5. The van der Waals surface area contributed by atoms with Gasteiger partial charge >= 0.3 is 0 Å². The lowest BCUT2D eigenvalue weighted by atomic mass is 10.2. The predicted molar refractivity (Wildman–Crippen MR) is 99.5 cm³/mol. The molecule has 0 saturated carbocycles. The number of hydrogen-bond acceptors (Lipinski definition) is 5. The third-order valence-electron chi connectivity index (χ3n) is 4.07. The average molecular weight is 392 g/mol. The Morgan fingerprint density at radius 2 is 1.96 bits per heavy atom. The van der Waals surface area contributed by atoms with E-state index in [-0.39, 0.29) is 23.9 Å². The first-order valence-electron chi connectivity index (χ1n) is 8.02. The second-order valence-electron chi connectivity index (χ2n) is 6.00. The van der Waals surface area contributed by atoms with Crippen molar-refractivity contribution in [1.82, 2.24) is 4.31 Å². The minimum absolute atomic E-state index is 0. The molecule has 0 spiro atoms. The van der Waals surface area contributed by atoms with Crippen molar-refractivity contribution >= 4 is 34.0 Å². The molecule has 25 heavy (non-hydrogen) atoms. The summed E-state index contributed by atoms with van der Waals surface area (Å²) in [5.74, 6) is -0.415. The maximum Gasteiger partial charge on any atom is 0.243 e. The molecule has 9 heteroatoms. The number of nitrogens with one attached hydrogen (secondary N) is 1. The van der Waals surface area contributed by atoms with Crippen LogP contribution in [-0.2, 0) is 19.6 Å². The number of nitrogens with two attached hydrogens (primary N) is 1. The van der Waals surface area contributed by atoms with Crippen LogP contribution in [-0.4, -0.2) is 51.5 Å². The molecule has 1 heterocycles. The van der Waals surface area contributed by atoms with Crippen LogP contribution in [0.3, 0.4) is 0 Å². The number of aryl methyl sites for hydroxylation is 1.